The largest absolute Gasteiger partial charge is 0.345 e. The van der Waals surface area contributed by atoms with Crippen molar-refractivity contribution in [1.29, 1.82) is 0 Å². The van der Waals surface area contributed by atoms with Crippen molar-refractivity contribution in [3.05, 3.63) is 62.7 Å². The van der Waals surface area contributed by atoms with E-state index in [-0.39, 0.29) is 5.43 Å². The quantitative estimate of drug-likeness (QED) is 0.519. The number of aromatic amines is 1. The van der Waals surface area contributed by atoms with Crippen LogP contribution >= 0.6 is 27.5 Å². The molecule has 4 aromatic rings. The fourth-order valence-corrected chi connectivity index (χ4v) is 3.68. The highest BCUT2D eigenvalue weighted by atomic mass is 79.9. The third-order valence-corrected chi connectivity index (χ3v) is 5.00. The van der Waals surface area contributed by atoms with Gasteiger partial charge in [0.1, 0.15) is 4.83 Å². The van der Waals surface area contributed by atoms with Crippen LogP contribution in [-0.2, 0) is 0 Å². The topological polar surface area (TPSA) is 45.8 Å². The predicted molar refractivity (Wildman–Crippen MR) is 95.6 cm³/mol. The lowest BCUT2D eigenvalue weighted by Crippen LogP contribution is -2.04. The Balaban J connectivity index is 2.09. The number of aryl methyl sites for hydroxylation is 1. The number of benzene rings is 2. The number of aromatic nitrogens is 2. The summed E-state index contributed by atoms with van der Waals surface area (Å²) in [5, 5.41) is 1.39. The molecule has 4 rings (SSSR count). The van der Waals surface area contributed by atoms with E-state index in [2.05, 4.69) is 25.3 Å². The fraction of sp³-hybridized carbons (Fsp3) is 0.0588. The molecule has 5 heteroatoms. The monoisotopic (exact) mass is 370 g/mol. The summed E-state index contributed by atoms with van der Waals surface area (Å²) in [5.41, 5.74) is 3.67. The maximum atomic E-state index is 12.9. The second-order valence-corrected chi connectivity index (χ2v) is 6.93. The van der Waals surface area contributed by atoms with Gasteiger partial charge in [0.25, 0.3) is 0 Å². The van der Waals surface area contributed by atoms with Gasteiger partial charge >= 0.3 is 0 Å². The maximum Gasteiger partial charge on any atom is 0.200 e. The normalized spacial score (nSPS) is 11.4. The van der Waals surface area contributed by atoms with E-state index in [1.165, 1.54) is 11.5 Å². The number of fused-ring (bicyclic) bond motifs is 2. The van der Waals surface area contributed by atoms with Crippen molar-refractivity contribution in [1.82, 2.24) is 9.36 Å². The highest BCUT2D eigenvalue weighted by Gasteiger charge is 2.15. The van der Waals surface area contributed by atoms with E-state index in [0.29, 0.717) is 10.8 Å². The minimum absolute atomic E-state index is 0.0409. The molecule has 2 heterocycles. The van der Waals surface area contributed by atoms with E-state index in [0.717, 1.165) is 31.6 Å². The lowest BCUT2D eigenvalue weighted by Gasteiger charge is -2.02. The average Bonchev–Trinajstić information content (AvgIpc) is 2.93. The molecule has 22 heavy (non-hydrogen) atoms. The van der Waals surface area contributed by atoms with Gasteiger partial charge in [0, 0.05) is 15.4 Å². The standard InChI is InChI=1S/C17H11BrN2OS/c1-9-2-7-13-12(8-9)16(21)14-15(20-22-17(14)19-13)10-3-5-11(18)6-4-10/h2-8H,1H3,(H,19,21). The molecule has 0 radical (unpaired) electrons. The van der Waals surface area contributed by atoms with Crippen molar-refractivity contribution < 1.29 is 0 Å². The molecule has 0 saturated carbocycles. The number of rotatable bonds is 1. The maximum absolute atomic E-state index is 12.9. The molecule has 0 aliphatic rings. The molecule has 0 amide bonds. The Hall–Kier alpha value is -1.98. The molecule has 2 aromatic carbocycles. The number of nitrogens with one attached hydrogen (secondary N) is 1. The smallest absolute Gasteiger partial charge is 0.200 e. The highest BCUT2D eigenvalue weighted by Crippen LogP contribution is 2.30. The SMILES string of the molecule is Cc1ccc2[nH]c3snc(-c4ccc(Br)cc4)c3c(=O)c2c1. The number of halogens is 1. The molecule has 108 valence electrons. The van der Waals surface area contributed by atoms with Crippen molar-refractivity contribution in [2.24, 2.45) is 0 Å². The lowest BCUT2D eigenvalue weighted by molar-refractivity contribution is 1.45. The first-order valence-electron chi connectivity index (χ1n) is 6.81. The summed E-state index contributed by atoms with van der Waals surface area (Å²) < 4.78 is 5.50. The van der Waals surface area contributed by atoms with Gasteiger partial charge in [0.15, 0.2) is 5.43 Å². The van der Waals surface area contributed by atoms with E-state index in [9.17, 15) is 4.79 Å². The summed E-state index contributed by atoms with van der Waals surface area (Å²) in [6, 6.07) is 13.7. The zero-order valence-corrected chi connectivity index (χ0v) is 14.1. The van der Waals surface area contributed by atoms with Gasteiger partial charge in [-0.1, -0.05) is 39.7 Å². The van der Waals surface area contributed by atoms with Crippen molar-refractivity contribution in [3.63, 3.8) is 0 Å². The van der Waals surface area contributed by atoms with E-state index >= 15 is 0 Å². The summed E-state index contributed by atoms with van der Waals surface area (Å²) in [5.74, 6) is 0. The van der Waals surface area contributed by atoms with Crippen LogP contribution in [0, 0.1) is 6.92 Å². The van der Waals surface area contributed by atoms with Gasteiger partial charge in [-0.15, -0.1) is 0 Å². The lowest BCUT2D eigenvalue weighted by atomic mass is 10.1. The van der Waals surface area contributed by atoms with Crippen LogP contribution in [0.2, 0.25) is 0 Å². The van der Waals surface area contributed by atoms with Gasteiger partial charge in [0.2, 0.25) is 0 Å². The van der Waals surface area contributed by atoms with E-state index in [4.69, 9.17) is 0 Å². The summed E-state index contributed by atoms with van der Waals surface area (Å²) in [7, 11) is 0. The Morgan fingerprint density at radius 3 is 2.68 bits per heavy atom. The molecule has 0 unspecified atom stereocenters. The first-order valence-corrected chi connectivity index (χ1v) is 8.38. The number of hydrogen-bond acceptors (Lipinski definition) is 3. The van der Waals surface area contributed by atoms with Crippen molar-refractivity contribution in [3.8, 4) is 11.3 Å². The third-order valence-electron chi connectivity index (χ3n) is 3.70. The van der Waals surface area contributed by atoms with Crippen LogP contribution in [0.4, 0.5) is 0 Å². The van der Waals surface area contributed by atoms with Gasteiger partial charge in [-0.05, 0) is 42.7 Å². The summed E-state index contributed by atoms with van der Waals surface area (Å²) in [6.07, 6.45) is 0. The minimum atomic E-state index is 0.0409. The number of hydrogen-bond donors (Lipinski definition) is 1. The average molecular weight is 371 g/mol. The van der Waals surface area contributed by atoms with Crippen LogP contribution in [0.5, 0.6) is 0 Å². The summed E-state index contributed by atoms with van der Waals surface area (Å²) in [4.78, 5) is 17.0. The van der Waals surface area contributed by atoms with E-state index < -0.39 is 0 Å². The molecule has 0 aliphatic heterocycles. The molecule has 0 atom stereocenters. The number of pyridine rings is 1. The summed E-state index contributed by atoms with van der Waals surface area (Å²) >= 11 is 4.76. The van der Waals surface area contributed by atoms with Crippen LogP contribution < -0.4 is 5.43 Å². The highest BCUT2D eigenvalue weighted by molar-refractivity contribution is 9.10. The second kappa shape index (κ2) is 5.04. The van der Waals surface area contributed by atoms with Crippen LogP contribution in [0.3, 0.4) is 0 Å². The van der Waals surface area contributed by atoms with Crippen LogP contribution in [-0.4, -0.2) is 9.36 Å². The van der Waals surface area contributed by atoms with E-state index in [1.807, 2.05) is 49.4 Å². The Kier molecular flexibility index (Phi) is 3.13. The fourth-order valence-electron chi connectivity index (χ4n) is 2.60. The van der Waals surface area contributed by atoms with Gasteiger partial charge in [-0.3, -0.25) is 4.79 Å². The molecule has 0 aliphatic carbocycles. The molecular formula is C17H11BrN2OS. The number of nitrogens with zero attached hydrogens (tertiary/aromatic N) is 1. The number of H-pyrrole nitrogens is 1. The van der Waals surface area contributed by atoms with Gasteiger partial charge in [-0.2, -0.15) is 4.37 Å². The Bertz CT molecular complexity index is 1060. The summed E-state index contributed by atoms with van der Waals surface area (Å²) in [6.45, 7) is 1.99. The predicted octanol–water partition coefficient (Wildman–Crippen LogP) is 4.88. The molecule has 0 saturated heterocycles. The Labute approximate surface area is 138 Å². The van der Waals surface area contributed by atoms with Gasteiger partial charge in [0.05, 0.1) is 16.6 Å². The Morgan fingerprint density at radius 2 is 1.91 bits per heavy atom. The molecule has 0 bridgehead atoms. The Morgan fingerprint density at radius 1 is 1.14 bits per heavy atom. The molecule has 3 nitrogen and oxygen atoms in total. The van der Waals surface area contributed by atoms with Crippen LogP contribution in [0.25, 0.3) is 32.4 Å². The zero-order valence-electron chi connectivity index (χ0n) is 11.7. The van der Waals surface area contributed by atoms with E-state index in [1.54, 1.807) is 0 Å². The van der Waals surface area contributed by atoms with Gasteiger partial charge in [-0.25, -0.2) is 0 Å². The first kappa shape index (κ1) is 13.7. The van der Waals surface area contributed by atoms with Crippen LogP contribution in [0.15, 0.2) is 51.7 Å². The molecule has 2 aromatic heterocycles. The third kappa shape index (κ3) is 2.09. The molecular weight excluding hydrogens is 360 g/mol. The zero-order chi connectivity index (χ0) is 15.3. The minimum Gasteiger partial charge on any atom is -0.345 e. The van der Waals surface area contributed by atoms with Gasteiger partial charge < -0.3 is 4.98 Å². The molecule has 0 fully saturated rings. The first-order chi connectivity index (χ1) is 10.6. The molecule has 1 N–H and O–H groups in total. The van der Waals surface area contributed by atoms with Crippen molar-refractivity contribution in [2.75, 3.05) is 0 Å². The van der Waals surface area contributed by atoms with Crippen molar-refractivity contribution in [2.45, 2.75) is 6.92 Å². The van der Waals surface area contributed by atoms with Crippen molar-refractivity contribution >= 4 is 48.6 Å². The van der Waals surface area contributed by atoms with Crippen LogP contribution in [0.1, 0.15) is 5.56 Å². The molecule has 0 spiro atoms. The second-order valence-electron chi connectivity index (χ2n) is 5.25.